The van der Waals surface area contributed by atoms with Crippen LogP contribution in [0.5, 0.6) is 0 Å². The Morgan fingerprint density at radius 1 is 0.212 bits per heavy atom. The van der Waals surface area contributed by atoms with E-state index < -0.39 is 159 Å². The van der Waals surface area contributed by atoms with Gasteiger partial charge in [0.25, 0.3) is 0 Å². The summed E-state index contributed by atoms with van der Waals surface area (Å²) in [5, 5.41) is 0. The second-order valence-electron chi connectivity index (χ2n) is 13.5. The molecule has 0 bridgehead atoms. The van der Waals surface area contributed by atoms with Crippen LogP contribution in [0.4, 0.5) is 171 Å². The standard InChI is InChI=1S/C25H15F39P.HI/c1-65(5-2-8(26,27)11(32,33)14(38,39)17(44,45)20(50,51)23(56,57)58,6-3-9(28,29)12(34,35)15(40,41)18(46,47)21(52,53)24(59,60)61)7-4-10(30,31)13(36,37)16(42,43)19(48,49)22(54,55)25(62,63)64;/h2-7H2,1H3;1H/q+1;/p-1. The first-order valence-corrected chi connectivity index (χ1v) is 17.9. The van der Waals surface area contributed by atoms with E-state index in [0.717, 1.165) is 0 Å². The molecule has 0 amide bonds. The first-order chi connectivity index (χ1) is 27.4. The van der Waals surface area contributed by atoms with Crippen molar-refractivity contribution in [2.45, 2.75) is 127 Å². The monoisotopic (exact) mass is 1210 g/mol. The molecule has 0 aliphatic heterocycles. The molecule has 66 heavy (non-hydrogen) atoms. The third-order valence-corrected chi connectivity index (χ3v) is 12.8. The molecule has 0 aliphatic rings. The molecule has 0 aliphatic carbocycles. The third kappa shape index (κ3) is 9.88. The summed E-state index contributed by atoms with van der Waals surface area (Å²) in [7, 11) is -6.15. The Hall–Kier alpha value is -1.57. The fourth-order valence-corrected chi connectivity index (χ4v) is 7.58. The van der Waals surface area contributed by atoms with Crippen molar-refractivity contribution >= 4 is 7.26 Å². The van der Waals surface area contributed by atoms with Crippen molar-refractivity contribution in [2.75, 3.05) is 25.2 Å². The van der Waals surface area contributed by atoms with Gasteiger partial charge in [0.2, 0.25) is 0 Å². The van der Waals surface area contributed by atoms with Gasteiger partial charge in [-0.15, -0.1) is 0 Å². The Morgan fingerprint density at radius 2 is 0.333 bits per heavy atom. The van der Waals surface area contributed by atoms with E-state index in [1.807, 2.05) is 0 Å². The lowest BCUT2D eigenvalue weighted by molar-refractivity contribution is -0.440. The highest BCUT2D eigenvalue weighted by Crippen LogP contribution is 2.68. The molecule has 0 N–H and O–H groups in total. The molecule has 0 heterocycles. The molecule has 0 unspecified atom stereocenters. The van der Waals surface area contributed by atoms with Gasteiger partial charge in [-0.05, 0) is 0 Å². The van der Waals surface area contributed by atoms with Gasteiger partial charge in [-0.2, -0.15) is 171 Å². The van der Waals surface area contributed by atoms with Gasteiger partial charge in [0.1, 0.15) is 0 Å². The number of halogens is 40. The van der Waals surface area contributed by atoms with E-state index in [0.29, 0.717) is 0 Å². The number of hydrogen-bond donors (Lipinski definition) is 0. The molecule has 0 aromatic rings. The molecular weight excluding hydrogens is 1200 g/mol. The first kappa shape index (κ1) is 66.5. The van der Waals surface area contributed by atoms with Gasteiger partial charge in [0.15, 0.2) is 0 Å². The van der Waals surface area contributed by atoms with Gasteiger partial charge in [-0.3, -0.25) is 0 Å². The first-order valence-electron chi connectivity index (χ1n) is 15.1. The van der Waals surface area contributed by atoms with Crippen LogP contribution in [0, 0.1) is 0 Å². The fraction of sp³-hybridized carbons (Fsp3) is 1.00. The molecule has 0 aromatic heterocycles. The molecule has 0 saturated carbocycles. The zero-order valence-electron chi connectivity index (χ0n) is 29.8. The average Bonchev–Trinajstić information content (AvgIpc) is 3.06. The normalized spacial score (nSPS) is 16.7. The Balaban J connectivity index is 0. The van der Waals surface area contributed by atoms with Gasteiger partial charge >= 0.3 is 107 Å². The average molecular weight is 1210 g/mol. The molecule has 0 spiro atoms. The second kappa shape index (κ2) is 17.6. The lowest BCUT2D eigenvalue weighted by atomic mass is 9.93. The van der Waals surface area contributed by atoms with Crippen LogP contribution in [0.15, 0.2) is 0 Å². The van der Waals surface area contributed by atoms with E-state index in [2.05, 4.69) is 0 Å². The Bertz CT molecular complexity index is 1460. The summed E-state index contributed by atoms with van der Waals surface area (Å²) in [4.78, 5) is 0. The Morgan fingerprint density at radius 3 is 0.455 bits per heavy atom. The van der Waals surface area contributed by atoms with Crippen molar-refractivity contribution in [3.8, 4) is 0 Å². The van der Waals surface area contributed by atoms with Crippen molar-refractivity contribution < 1.29 is 195 Å². The Labute approximate surface area is 354 Å². The maximum Gasteiger partial charge on any atom is 0.460 e. The molecule has 41 heteroatoms. The van der Waals surface area contributed by atoms with Crippen LogP contribution in [0.3, 0.4) is 0 Å². The van der Waals surface area contributed by atoms with Crippen LogP contribution in [-0.4, -0.2) is 133 Å². The topological polar surface area (TPSA) is 0 Å². The minimum absolute atomic E-state index is 0. The molecule has 0 rings (SSSR count). The summed E-state index contributed by atoms with van der Waals surface area (Å²) >= 11 is 0. The Kier molecular flexibility index (Phi) is 17.8. The summed E-state index contributed by atoms with van der Waals surface area (Å²) in [6.07, 6.45) is -45.9. The minimum atomic E-state index is -8.83. The summed E-state index contributed by atoms with van der Waals surface area (Å²) in [6.45, 7) is -0.705. The predicted molar refractivity (Wildman–Crippen MR) is 134 cm³/mol. The summed E-state index contributed by atoms with van der Waals surface area (Å²) in [5.74, 6) is -127. The van der Waals surface area contributed by atoms with Crippen LogP contribution in [0.25, 0.3) is 0 Å². The van der Waals surface area contributed by atoms with Crippen molar-refractivity contribution in [1.82, 2.24) is 0 Å². The van der Waals surface area contributed by atoms with Gasteiger partial charge in [0, 0.05) is 13.9 Å². The van der Waals surface area contributed by atoms with E-state index in [9.17, 15) is 171 Å². The highest BCUT2D eigenvalue weighted by molar-refractivity contribution is 7.75. The molecule has 0 atom stereocenters. The van der Waals surface area contributed by atoms with Gasteiger partial charge in [0.05, 0.1) is 37.7 Å². The zero-order chi connectivity index (χ0) is 53.7. The predicted octanol–water partition coefficient (Wildman–Crippen LogP) is 12.0. The smallest absolute Gasteiger partial charge is 0.460 e. The van der Waals surface area contributed by atoms with E-state index in [1.54, 1.807) is 0 Å². The summed E-state index contributed by atoms with van der Waals surface area (Å²) < 4.78 is 526. The number of hydrogen-bond acceptors (Lipinski definition) is 0. The van der Waals surface area contributed by atoms with Crippen molar-refractivity contribution in [1.29, 1.82) is 0 Å². The number of alkyl halides is 39. The molecule has 400 valence electrons. The molecule has 0 saturated heterocycles. The molecule has 0 radical (unpaired) electrons. The van der Waals surface area contributed by atoms with Crippen molar-refractivity contribution in [2.24, 2.45) is 0 Å². The molecular formula is C25H15F39IP. The van der Waals surface area contributed by atoms with E-state index in [1.165, 1.54) is 0 Å². The highest BCUT2D eigenvalue weighted by atomic mass is 127. The molecule has 0 fully saturated rings. The minimum Gasteiger partial charge on any atom is -1.00 e. The largest absolute Gasteiger partial charge is 1.00 e. The van der Waals surface area contributed by atoms with Crippen molar-refractivity contribution in [3.63, 3.8) is 0 Å². The van der Waals surface area contributed by atoms with E-state index in [-0.39, 0.29) is 24.0 Å². The van der Waals surface area contributed by atoms with E-state index in [4.69, 9.17) is 0 Å². The van der Waals surface area contributed by atoms with Crippen LogP contribution < -0.4 is 24.0 Å². The van der Waals surface area contributed by atoms with Crippen LogP contribution >= 0.6 is 7.26 Å². The summed E-state index contributed by atoms with van der Waals surface area (Å²) in [6, 6.07) is 0. The van der Waals surface area contributed by atoms with Crippen LogP contribution in [-0.2, 0) is 0 Å². The maximum absolute atomic E-state index is 14.5. The maximum atomic E-state index is 14.5. The number of rotatable bonds is 21. The lowest BCUT2D eigenvalue weighted by Gasteiger charge is -2.41. The second-order valence-corrected chi connectivity index (χ2v) is 18.1. The van der Waals surface area contributed by atoms with Gasteiger partial charge in [-0.25, -0.2) is 0 Å². The van der Waals surface area contributed by atoms with Crippen LogP contribution in [0.2, 0.25) is 0 Å². The summed E-state index contributed by atoms with van der Waals surface area (Å²) in [5.41, 5.74) is 0. The zero-order valence-corrected chi connectivity index (χ0v) is 32.9. The highest BCUT2D eigenvalue weighted by Gasteiger charge is 2.93. The van der Waals surface area contributed by atoms with Gasteiger partial charge < -0.3 is 24.0 Å². The van der Waals surface area contributed by atoms with Crippen LogP contribution in [0.1, 0.15) is 19.3 Å². The van der Waals surface area contributed by atoms with E-state index >= 15 is 0 Å². The molecule has 0 aromatic carbocycles. The SMILES string of the molecule is C[P+](CCC(F)(F)C(F)(F)C(F)(F)C(F)(F)C(F)(F)C(F)(F)F)(CCC(F)(F)C(F)(F)C(F)(F)C(F)(F)C(F)(F)C(F)(F)F)CCC(F)(F)C(F)(F)C(F)(F)C(F)(F)C(F)(F)C(F)(F)F.[I-]. The lowest BCUT2D eigenvalue weighted by Crippen LogP contribution is -3.00. The van der Waals surface area contributed by atoms with Gasteiger partial charge in [-0.1, -0.05) is 0 Å². The van der Waals surface area contributed by atoms with Crippen molar-refractivity contribution in [3.05, 3.63) is 0 Å². The molecule has 0 nitrogen and oxygen atoms in total. The fourth-order valence-electron chi connectivity index (χ4n) is 4.44. The third-order valence-electron chi connectivity index (χ3n) is 8.89. The quantitative estimate of drug-likeness (QED) is 0.0610.